The third-order valence-electron chi connectivity index (χ3n) is 4.76. The van der Waals surface area contributed by atoms with Gasteiger partial charge in [-0.25, -0.2) is 4.79 Å². The highest BCUT2D eigenvalue weighted by Crippen LogP contribution is 2.28. The first kappa shape index (κ1) is 18.6. The van der Waals surface area contributed by atoms with E-state index in [1.165, 1.54) is 10.1 Å². The highest BCUT2D eigenvalue weighted by molar-refractivity contribution is 5.36. The average Bonchev–Trinajstić information content (AvgIpc) is 3.01. The quantitative estimate of drug-likeness (QED) is 0.637. The Hall–Kier alpha value is -2.22. The number of benzene rings is 1. The molecule has 0 bridgehead atoms. The minimum absolute atomic E-state index is 0.239. The van der Waals surface area contributed by atoms with E-state index in [1.807, 2.05) is 18.2 Å². The molecule has 0 spiro atoms. The molecule has 1 saturated heterocycles. The van der Waals surface area contributed by atoms with Crippen molar-refractivity contribution in [1.82, 2.24) is 9.55 Å². The summed E-state index contributed by atoms with van der Waals surface area (Å²) < 4.78 is 6.91. The van der Waals surface area contributed by atoms with Gasteiger partial charge in [-0.05, 0) is 31.2 Å². The molecule has 140 valence electrons. The fraction of sp³-hybridized carbons (Fsp3) is 0.474. The van der Waals surface area contributed by atoms with Crippen LogP contribution in [0.15, 0.2) is 41.3 Å². The number of hydrogen-bond acceptors (Lipinski definition) is 6. The largest absolute Gasteiger partial charge is 0.394 e. The van der Waals surface area contributed by atoms with Crippen molar-refractivity contribution in [3.63, 3.8) is 0 Å². The molecular formula is C19H25N3O4. The maximum atomic E-state index is 12.1. The van der Waals surface area contributed by atoms with Crippen LogP contribution in [0.1, 0.15) is 36.6 Å². The van der Waals surface area contributed by atoms with Crippen LogP contribution in [0.25, 0.3) is 0 Å². The lowest BCUT2D eigenvalue weighted by Crippen LogP contribution is -2.29. The Morgan fingerprint density at radius 2 is 1.96 bits per heavy atom. The second-order valence-electron chi connectivity index (χ2n) is 6.65. The van der Waals surface area contributed by atoms with Crippen molar-refractivity contribution in [2.45, 2.75) is 50.5 Å². The van der Waals surface area contributed by atoms with E-state index in [4.69, 9.17) is 10.5 Å². The van der Waals surface area contributed by atoms with Gasteiger partial charge >= 0.3 is 5.69 Å². The Morgan fingerprint density at radius 3 is 2.65 bits per heavy atom. The van der Waals surface area contributed by atoms with Crippen LogP contribution >= 0.6 is 0 Å². The molecule has 7 nitrogen and oxygen atoms in total. The molecule has 0 radical (unpaired) electrons. The topological polar surface area (TPSA) is 111 Å². The Bertz CT molecular complexity index is 778. The molecule has 3 atom stereocenters. The Kier molecular flexibility index (Phi) is 6.03. The van der Waals surface area contributed by atoms with Gasteiger partial charge in [0.15, 0.2) is 0 Å². The molecule has 0 unspecified atom stereocenters. The molecule has 1 aliphatic heterocycles. The molecule has 7 heteroatoms. The number of ether oxygens (including phenoxy) is 1. The predicted molar refractivity (Wildman–Crippen MR) is 97.6 cm³/mol. The first-order valence-corrected chi connectivity index (χ1v) is 8.94. The summed E-state index contributed by atoms with van der Waals surface area (Å²) in [6, 6.07) is 10.3. The number of unbranched alkanes of at least 4 members (excludes halogenated alkanes) is 1. The minimum atomic E-state index is -0.802. The fourth-order valence-corrected chi connectivity index (χ4v) is 3.26. The van der Waals surface area contributed by atoms with Crippen LogP contribution in [-0.2, 0) is 17.6 Å². The van der Waals surface area contributed by atoms with Crippen LogP contribution in [0.2, 0.25) is 0 Å². The molecule has 4 N–H and O–H groups in total. The van der Waals surface area contributed by atoms with Crippen molar-refractivity contribution in [2.24, 2.45) is 0 Å². The molecule has 1 fully saturated rings. The molecular weight excluding hydrogens is 334 g/mol. The number of anilines is 1. The zero-order chi connectivity index (χ0) is 18.5. The Morgan fingerprint density at radius 1 is 1.23 bits per heavy atom. The van der Waals surface area contributed by atoms with Crippen LogP contribution in [0.5, 0.6) is 0 Å². The zero-order valence-electron chi connectivity index (χ0n) is 14.6. The number of nitrogens with zero attached hydrogens (tertiary/aromatic N) is 2. The predicted octanol–water partition coefficient (Wildman–Crippen LogP) is 1.03. The van der Waals surface area contributed by atoms with Gasteiger partial charge < -0.3 is 20.7 Å². The second kappa shape index (κ2) is 8.44. The van der Waals surface area contributed by atoms with E-state index >= 15 is 0 Å². The van der Waals surface area contributed by atoms with Gasteiger partial charge in [0.25, 0.3) is 0 Å². The molecule has 2 heterocycles. The number of aromatic nitrogens is 2. The van der Waals surface area contributed by atoms with Crippen LogP contribution in [0.4, 0.5) is 5.82 Å². The lowest BCUT2D eigenvalue weighted by molar-refractivity contribution is -0.0459. The number of aryl methyl sites for hydroxylation is 2. The van der Waals surface area contributed by atoms with Gasteiger partial charge in [0.1, 0.15) is 18.1 Å². The summed E-state index contributed by atoms with van der Waals surface area (Å²) in [5.41, 5.74) is 7.49. The standard InChI is InChI=1S/C19H25N3O4/c20-18-14(9-5-4-8-13-6-2-1-3-7-13)11-22(19(25)21-18)17-10-15(24)16(12-23)26-17/h1-3,6-7,11,15-17,23-24H,4-5,8-10,12H2,(H2,20,21,25)/t15-,16+,17+/m0/s1. The molecule has 3 rings (SSSR count). The summed E-state index contributed by atoms with van der Waals surface area (Å²) in [6.45, 7) is -0.291. The fourth-order valence-electron chi connectivity index (χ4n) is 3.26. The first-order valence-electron chi connectivity index (χ1n) is 8.94. The highest BCUT2D eigenvalue weighted by Gasteiger charge is 2.35. The summed E-state index contributed by atoms with van der Waals surface area (Å²) in [4.78, 5) is 16.0. The van der Waals surface area contributed by atoms with Crippen LogP contribution in [0, 0.1) is 0 Å². The SMILES string of the molecule is Nc1nc(=O)n([C@H]2C[C@H](O)[C@@H](CO)O2)cc1CCCCc1ccccc1. The van der Waals surface area contributed by atoms with Crippen molar-refractivity contribution in [1.29, 1.82) is 0 Å². The molecule has 1 aliphatic rings. The number of rotatable bonds is 7. The van der Waals surface area contributed by atoms with Gasteiger partial charge in [-0.3, -0.25) is 4.57 Å². The maximum absolute atomic E-state index is 12.1. The highest BCUT2D eigenvalue weighted by atomic mass is 16.5. The van der Waals surface area contributed by atoms with E-state index in [0.29, 0.717) is 6.42 Å². The summed E-state index contributed by atoms with van der Waals surface area (Å²) in [7, 11) is 0. The Labute approximate surface area is 152 Å². The van der Waals surface area contributed by atoms with E-state index in [9.17, 15) is 15.0 Å². The van der Waals surface area contributed by atoms with Gasteiger partial charge in [0, 0.05) is 18.2 Å². The Balaban J connectivity index is 1.63. The molecule has 0 aliphatic carbocycles. The zero-order valence-corrected chi connectivity index (χ0v) is 14.6. The van der Waals surface area contributed by atoms with Crippen molar-refractivity contribution in [2.75, 3.05) is 12.3 Å². The lowest BCUT2D eigenvalue weighted by Gasteiger charge is -2.16. The van der Waals surface area contributed by atoms with Crippen LogP contribution in [0.3, 0.4) is 0 Å². The maximum Gasteiger partial charge on any atom is 0.351 e. The number of nitrogen functional groups attached to an aromatic ring is 1. The van der Waals surface area contributed by atoms with Gasteiger partial charge in [-0.2, -0.15) is 4.98 Å². The average molecular weight is 359 g/mol. The lowest BCUT2D eigenvalue weighted by atomic mass is 10.0. The van der Waals surface area contributed by atoms with Gasteiger partial charge in [0.2, 0.25) is 0 Å². The summed E-state index contributed by atoms with van der Waals surface area (Å²) in [5, 5.41) is 19.1. The van der Waals surface area contributed by atoms with Gasteiger partial charge in [-0.1, -0.05) is 30.3 Å². The van der Waals surface area contributed by atoms with E-state index in [1.54, 1.807) is 6.20 Å². The minimum Gasteiger partial charge on any atom is -0.394 e. The molecule has 26 heavy (non-hydrogen) atoms. The second-order valence-corrected chi connectivity index (χ2v) is 6.65. The smallest absolute Gasteiger partial charge is 0.351 e. The molecule has 2 aromatic rings. The number of nitrogens with two attached hydrogens (primary N) is 1. The summed E-state index contributed by atoms with van der Waals surface area (Å²) >= 11 is 0. The van der Waals surface area contributed by atoms with Gasteiger partial charge in [-0.15, -0.1) is 0 Å². The number of aliphatic hydroxyl groups excluding tert-OH is 2. The van der Waals surface area contributed by atoms with Crippen molar-refractivity contribution >= 4 is 5.82 Å². The molecule has 1 aromatic heterocycles. The number of aliphatic hydroxyl groups is 2. The summed E-state index contributed by atoms with van der Waals surface area (Å²) in [6.07, 6.45) is 3.43. The molecule has 0 amide bonds. The van der Waals surface area contributed by atoms with E-state index in [2.05, 4.69) is 17.1 Å². The van der Waals surface area contributed by atoms with Gasteiger partial charge in [0.05, 0.1) is 12.7 Å². The number of hydrogen-bond donors (Lipinski definition) is 3. The third kappa shape index (κ3) is 4.30. The van der Waals surface area contributed by atoms with Crippen molar-refractivity contribution in [3.8, 4) is 0 Å². The monoisotopic (exact) mass is 359 g/mol. The molecule has 1 aromatic carbocycles. The van der Waals surface area contributed by atoms with E-state index < -0.39 is 24.1 Å². The van der Waals surface area contributed by atoms with Crippen LogP contribution < -0.4 is 11.4 Å². The van der Waals surface area contributed by atoms with E-state index in [-0.39, 0.29) is 18.8 Å². The third-order valence-corrected chi connectivity index (χ3v) is 4.76. The molecule has 0 saturated carbocycles. The van der Waals surface area contributed by atoms with Crippen LogP contribution in [-0.4, -0.2) is 38.6 Å². The van der Waals surface area contributed by atoms with Crippen molar-refractivity contribution in [3.05, 3.63) is 58.1 Å². The summed E-state index contributed by atoms with van der Waals surface area (Å²) in [5.74, 6) is 0.239. The normalized spacial score (nSPS) is 22.6. The van der Waals surface area contributed by atoms with E-state index in [0.717, 1.165) is 24.8 Å². The first-order chi connectivity index (χ1) is 12.6. The van der Waals surface area contributed by atoms with Crippen molar-refractivity contribution < 1.29 is 14.9 Å².